The summed E-state index contributed by atoms with van der Waals surface area (Å²) >= 11 is 1.54. The Balaban J connectivity index is 2.08. The van der Waals surface area contributed by atoms with Crippen LogP contribution in [0.1, 0.15) is 43.0 Å². The van der Waals surface area contributed by atoms with E-state index >= 15 is 0 Å². The number of aliphatic hydroxyl groups excluding tert-OH is 1. The van der Waals surface area contributed by atoms with Crippen molar-refractivity contribution in [1.29, 1.82) is 0 Å². The Kier molecular flexibility index (Phi) is 4.33. The van der Waals surface area contributed by atoms with E-state index < -0.39 is 0 Å². The molecule has 0 saturated carbocycles. The second kappa shape index (κ2) is 5.97. The minimum atomic E-state index is -0.0713. The molecule has 5 nitrogen and oxygen atoms in total. The molecule has 6 heteroatoms. The van der Waals surface area contributed by atoms with Crippen molar-refractivity contribution in [3.8, 4) is 0 Å². The summed E-state index contributed by atoms with van der Waals surface area (Å²) in [5.41, 5.74) is 0. The summed E-state index contributed by atoms with van der Waals surface area (Å²) in [4.78, 5) is 0. The van der Waals surface area contributed by atoms with Crippen LogP contribution in [0.3, 0.4) is 0 Å². The number of anilines is 1. The zero-order valence-electron chi connectivity index (χ0n) is 10.5. The van der Waals surface area contributed by atoms with Crippen molar-refractivity contribution >= 4 is 16.5 Å². The van der Waals surface area contributed by atoms with Crippen LogP contribution in [0.25, 0.3) is 0 Å². The van der Waals surface area contributed by atoms with Crippen molar-refractivity contribution in [1.82, 2.24) is 10.2 Å². The molecule has 0 aromatic carbocycles. The predicted molar refractivity (Wildman–Crippen MR) is 70.8 cm³/mol. The SMILES string of the molecule is CC(C)c1nnc(NC(CCO)c2ccco2)s1. The van der Waals surface area contributed by atoms with Crippen molar-refractivity contribution in [3.05, 3.63) is 29.2 Å². The molecule has 0 saturated heterocycles. The maximum atomic E-state index is 9.09. The highest BCUT2D eigenvalue weighted by molar-refractivity contribution is 7.15. The number of aromatic nitrogens is 2. The van der Waals surface area contributed by atoms with Gasteiger partial charge in [0.05, 0.1) is 12.3 Å². The van der Waals surface area contributed by atoms with E-state index in [1.54, 1.807) is 6.26 Å². The number of hydrogen-bond acceptors (Lipinski definition) is 6. The van der Waals surface area contributed by atoms with E-state index in [-0.39, 0.29) is 12.6 Å². The Morgan fingerprint density at radius 2 is 2.28 bits per heavy atom. The van der Waals surface area contributed by atoms with Gasteiger partial charge >= 0.3 is 0 Å². The van der Waals surface area contributed by atoms with Crippen molar-refractivity contribution < 1.29 is 9.52 Å². The van der Waals surface area contributed by atoms with Crippen LogP contribution in [0, 0.1) is 0 Å². The highest BCUT2D eigenvalue weighted by Gasteiger charge is 2.16. The standard InChI is InChI=1S/C12H17N3O2S/c1-8(2)11-14-15-12(18-11)13-9(5-6-16)10-4-3-7-17-10/h3-4,7-9,16H,5-6H2,1-2H3,(H,13,15). The molecular weight excluding hydrogens is 250 g/mol. The van der Waals surface area contributed by atoms with Crippen LogP contribution in [0.2, 0.25) is 0 Å². The van der Waals surface area contributed by atoms with Crippen LogP contribution < -0.4 is 5.32 Å². The monoisotopic (exact) mass is 267 g/mol. The first kappa shape index (κ1) is 13.0. The fourth-order valence-corrected chi connectivity index (χ4v) is 2.38. The number of rotatable bonds is 6. The predicted octanol–water partition coefficient (Wildman–Crippen LogP) is 2.79. The van der Waals surface area contributed by atoms with Gasteiger partial charge in [0.1, 0.15) is 10.8 Å². The van der Waals surface area contributed by atoms with Gasteiger partial charge < -0.3 is 14.8 Å². The fraction of sp³-hybridized carbons (Fsp3) is 0.500. The van der Waals surface area contributed by atoms with Gasteiger partial charge in [0, 0.05) is 12.5 Å². The van der Waals surface area contributed by atoms with Crippen molar-refractivity contribution in [3.63, 3.8) is 0 Å². The molecule has 2 heterocycles. The van der Waals surface area contributed by atoms with E-state index in [1.807, 2.05) is 12.1 Å². The summed E-state index contributed by atoms with van der Waals surface area (Å²) in [6, 6.07) is 3.65. The van der Waals surface area contributed by atoms with Gasteiger partial charge in [-0.3, -0.25) is 0 Å². The van der Waals surface area contributed by atoms with E-state index in [2.05, 4.69) is 29.4 Å². The molecule has 0 spiro atoms. The molecule has 0 bridgehead atoms. The van der Waals surface area contributed by atoms with Gasteiger partial charge in [0.25, 0.3) is 0 Å². The highest BCUT2D eigenvalue weighted by Crippen LogP contribution is 2.27. The maximum absolute atomic E-state index is 9.09. The number of furan rings is 1. The summed E-state index contributed by atoms with van der Waals surface area (Å²) in [7, 11) is 0. The van der Waals surface area contributed by atoms with E-state index in [0.29, 0.717) is 12.3 Å². The Morgan fingerprint density at radius 3 is 2.83 bits per heavy atom. The fourth-order valence-electron chi connectivity index (χ4n) is 1.58. The number of nitrogens with one attached hydrogen (secondary N) is 1. The molecule has 18 heavy (non-hydrogen) atoms. The van der Waals surface area contributed by atoms with Gasteiger partial charge in [-0.15, -0.1) is 10.2 Å². The minimum Gasteiger partial charge on any atom is -0.467 e. The third-order valence-electron chi connectivity index (χ3n) is 2.54. The molecule has 1 unspecified atom stereocenters. The first-order valence-corrected chi connectivity index (χ1v) is 6.76. The second-order valence-electron chi connectivity index (χ2n) is 4.32. The minimum absolute atomic E-state index is 0.0713. The zero-order valence-corrected chi connectivity index (χ0v) is 11.3. The van der Waals surface area contributed by atoms with E-state index in [4.69, 9.17) is 9.52 Å². The Bertz CT molecular complexity index is 467. The third kappa shape index (κ3) is 3.08. The van der Waals surface area contributed by atoms with Crippen LogP contribution in [-0.2, 0) is 0 Å². The lowest BCUT2D eigenvalue weighted by molar-refractivity contribution is 0.273. The molecule has 0 aliphatic rings. The summed E-state index contributed by atoms with van der Waals surface area (Å²) in [5.74, 6) is 1.17. The Morgan fingerprint density at radius 1 is 1.44 bits per heavy atom. The molecule has 0 amide bonds. The molecule has 1 atom stereocenters. The van der Waals surface area contributed by atoms with Crippen molar-refractivity contribution in [2.75, 3.05) is 11.9 Å². The lowest BCUT2D eigenvalue weighted by atomic mass is 10.1. The summed E-state index contributed by atoms with van der Waals surface area (Å²) in [5, 5.41) is 22.3. The van der Waals surface area contributed by atoms with Gasteiger partial charge in [-0.25, -0.2) is 0 Å². The van der Waals surface area contributed by atoms with E-state index in [9.17, 15) is 0 Å². The maximum Gasteiger partial charge on any atom is 0.206 e. The smallest absolute Gasteiger partial charge is 0.206 e. The zero-order chi connectivity index (χ0) is 13.0. The molecule has 2 rings (SSSR count). The van der Waals surface area contributed by atoms with Crippen LogP contribution in [-0.4, -0.2) is 21.9 Å². The van der Waals surface area contributed by atoms with Crippen LogP contribution in [0.15, 0.2) is 22.8 Å². The normalized spacial score (nSPS) is 12.9. The van der Waals surface area contributed by atoms with Crippen LogP contribution >= 0.6 is 11.3 Å². The molecule has 0 fully saturated rings. The third-order valence-corrected chi connectivity index (χ3v) is 3.69. The van der Waals surface area contributed by atoms with E-state index in [0.717, 1.165) is 15.9 Å². The molecule has 2 aromatic rings. The summed E-state index contributed by atoms with van der Waals surface area (Å²) in [6.45, 7) is 4.26. The van der Waals surface area contributed by atoms with Gasteiger partial charge in [-0.1, -0.05) is 25.2 Å². The van der Waals surface area contributed by atoms with E-state index in [1.165, 1.54) is 11.3 Å². The van der Waals surface area contributed by atoms with Crippen molar-refractivity contribution in [2.45, 2.75) is 32.2 Å². The lowest BCUT2D eigenvalue weighted by Gasteiger charge is -2.13. The van der Waals surface area contributed by atoms with Gasteiger partial charge in [0.2, 0.25) is 5.13 Å². The van der Waals surface area contributed by atoms with Gasteiger partial charge in [-0.2, -0.15) is 0 Å². The first-order valence-electron chi connectivity index (χ1n) is 5.95. The molecule has 0 aliphatic carbocycles. The highest BCUT2D eigenvalue weighted by atomic mass is 32.1. The summed E-state index contributed by atoms with van der Waals surface area (Å²) < 4.78 is 5.36. The number of hydrogen-bond donors (Lipinski definition) is 2. The molecule has 0 radical (unpaired) electrons. The topological polar surface area (TPSA) is 71.2 Å². The molecule has 0 aliphatic heterocycles. The van der Waals surface area contributed by atoms with Gasteiger partial charge in [0.15, 0.2) is 0 Å². The Hall–Kier alpha value is -1.40. The largest absolute Gasteiger partial charge is 0.467 e. The Labute approximate surface area is 110 Å². The summed E-state index contributed by atoms with van der Waals surface area (Å²) in [6.07, 6.45) is 2.20. The molecule has 98 valence electrons. The molecule has 2 N–H and O–H groups in total. The van der Waals surface area contributed by atoms with Crippen molar-refractivity contribution in [2.24, 2.45) is 0 Å². The van der Waals surface area contributed by atoms with Crippen LogP contribution in [0.5, 0.6) is 0 Å². The first-order chi connectivity index (χ1) is 8.70. The lowest BCUT2D eigenvalue weighted by Crippen LogP contribution is -2.11. The second-order valence-corrected chi connectivity index (χ2v) is 5.33. The molecule has 2 aromatic heterocycles. The quantitative estimate of drug-likeness (QED) is 0.842. The van der Waals surface area contributed by atoms with Crippen LogP contribution in [0.4, 0.5) is 5.13 Å². The average Bonchev–Trinajstić information content (AvgIpc) is 2.99. The average molecular weight is 267 g/mol. The number of nitrogens with zero attached hydrogens (tertiary/aromatic N) is 2. The molecular formula is C12H17N3O2S. The van der Waals surface area contributed by atoms with Gasteiger partial charge in [-0.05, 0) is 18.6 Å². The number of aliphatic hydroxyl groups is 1.